The van der Waals surface area contributed by atoms with Crippen LogP contribution < -0.4 is 5.32 Å². The highest BCUT2D eigenvalue weighted by Crippen LogP contribution is 2.15. The van der Waals surface area contributed by atoms with Crippen molar-refractivity contribution in [2.75, 3.05) is 39.4 Å². The maximum atomic E-state index is 13.6. The van der Waals surface area contributed by atoms with Gasteiger partial charge in [0.1, 0.15) is 5.82 Å². The number of hydrogen-bond acceptors (Lipinski definition) is 3. The van der Waals surface area contributed by atoms with Crippen LogP contribution in [0.5, 0.6) is 0 Å². The molecule has 1 atom stereocenters. The van der Waals surface area contributed by atoms with Crippen molar-refractivity contribution in [1.82, 2.24) is 10.2 Å². The lowest BCUT2D eigenvalue weighted by Gasteiger charge is -2.29. The van der Waals surface area contributed by atoms with E-state index in [1.807, 2.05) is 0 Å². The molecule has 0 saturated carbocycles. The van der Waals surface area contributed by atoms with Crippen LogP contribution in [0.1, 0.15) is 17.3 Å². The van der Waals surface area contributed by atoms with E-state index in [1.54, 1.807) is 6.07 Å². The number of hydrogen-bond donors (Lipinski definition) is 1. The number of ether oxygens (including phenoxy) is 1. The number of carbonyl (C=O) groups excluding carboxylic acids is 1. The zero-order chi connectivity index (χ0) is 15.2. The molecule has 21 heavy (non-hydrogen) atoms. The quantitative estimate of drug-likeness (QED) is 0.877. The van der Waals surface area contributed by atoms with Crippen molar-refractivity contribution in [3.05, 3.63) is 34.1 Å². The molecule has 0 aliphatic carbocycles. The highest BCUT2D eigenvalue weighted by molar-refractivity contribution is 9.10. The van der Waals surface area contributed by atoms with Gasteiger partial charge in [-0.3, -0.25) is 9.69 Å². The number of nitrogens with one attached hydrogen (secondary N) is 1. The highest BCUT2D eigenvalue weighted by atomic mass is 79.9. The predicted molar refractivity (Wildman–Crippen MR) is 82.9 cm³/mol. The van der Waals surface area contributed by atoms with Gasteiger partial charge in [0.25, 0.3) is 5.91 Å². The Hall–Kier alpha value is -0.980. The van der Waals surface area contributed by atoms with E-state index in [-0.39, 0.29) is 11.5 Å². The first-order valence-corrected chi connectivity index (χ1v) is 7.89. The van der Waals surface area contributed by atoms with Gasteiger partial charge in [0.05, 0.1) is 18.8 Å². The van der Waals surface area contributed by atoms with Gasteiger partial charge in [-0.25, -0.2) is 4.39 Å². The molecule has 1 aliphatic heterocycles. The molecule has 1 N–H and O–H groups in total. The van der Waals surface area contributed by atoms with Crippen molar-refractivity contribution in [2.24, 2.45) is 5.92 Å². The van der Waals surface area contributed by atoms with Gasteiger partial charge < -0.3 is 10.1 Å². The lowest BCUT2D eigenvalue weighted by Crippen LogP contribution is -2.41. The van der Waals surface area contributed by atoms with Crippen molar-refractivity contribution in [2.45, 2.75) is 6.92 Å². The maximum Gasteiger partial charge on any atom is 0.254 e. The van der Waals surface area contributed by atoms with Crippen molar-refractivity contribution in [3.8, 4) is 0 Å². The summed E-state index contributed by atoms with van der Waals surface area (Å²) >= 11 is 3.25. The largest absolute Gasteiger partial charge is 0.379 e. The van der Waals surface area contributed by atoms with E-state index in [2.05, 4.69) is 33.1 Å². The van der Waals surface area contributed by atoms with Gasteiger partial charge in [-0.15, -0.1) is 0 Å². The molecule has 1 aromatic rings. The third kappa shape index (κ3) is 5.05. The Labute approximate surface area is 132 Å². The number of benzene rings is 1. The van der Waals surface area contributed by atoms with Crippen LogP contribution in [0.3, 0.4) is 0 Å². The summed E-state index contributed by atoms with van der Waals surface area (Å²) in [5, 5.41) is 2.80. The number of halogens is 2. The number of nitrogens with zero attached hydrogens (tertiary/aromatic N) is 1. The maximum absolute atomic E-state index is 13.6. The molecule has 1 saturated heterocycles. The van der Waals surface area contributed by atoms with Crippen molar-refractivity contribution >= 4 is 21.8 Å². The van der Waals surface area contributed by atoms with Gasteiger partial charge in [0, 0.05) is 30.7 Å². The topological polar surface area (TPSA) is 41.6 Å². The minimum atomic E-state index is -0.503. The van der Waals surface area contributed by atoms with Crippen LogP contribution in [0.2, 0.25) is 0 Å². The number of carbonyl (C=O) groups is 1. The summed E-state index contributed by atoms with van der Waals surface area (Å²) in [7, 11) is 0. The van der Waals surface area contributed by atoms with Gasteiger partial charge in [-0.05, 0) is 24.1 Å². The Kier molecular flexibility index (Phi) is 6.14. The van der Waals surface area contributed by atoms with E-state index < -0.39 is 5.82 Å². The minimum absolute atomic E-state index is 0.0722. The minimum Gasteiger partial charge on any atom is -0.379 e. The summed E-state index contributed by atoms with van der Waals surface area (Å²) in [5.74, 6) is -0.568. The van der Waals surface area contributed by atoms with E-state index in [0.29, 0.717) is 16.9 Å². The standard InChI is InChI=1S/C15H20BrFN2O2/c1-11(10-19-4-6-21-7-5-19)9-18-15(20)13-8-12(16)2-3-14(13)17/h2-3,8,11H,4-7,9-10H2,1H3,(H,18,20). The van der Waals surface area contributed by atoms with Crippen molar-refractivity contribution in [1.29, 1.82) is 0 Å². The number of morpholine rings is 1. The molecule has 0 spiro atoms. The highest BCUT2D eigenvalue weighted by Gasteiger charge is 2.16. The van der Waals surface area contributed by atoms with Gasteiger partial charge in [-0.1, -0.05) is 22.9 Å². The number of amides is 1. The molecule has 1 amide bonds. The summed E-state index contributed by atoms with van der Waals surface area (Å²) in [6.45, 7) is 6.90. The lowest BCUT2D eigenvalue weighted by molar-refractivity contribution is 0.0317. The Morgan fingerprint density at radius 3 is 2.90 bits per heavy atom. The first-order valence-electron chi connectivity index (χ1n) is 7.09. The molecule has 0 aromatic heterocycles. The lowest BCUT2D eigenvalue weighted by atomic mass is 10.1. The van der Waals surface area contributed by atoms with Crippen LogP contribution in [0.25, 0.3) is 0 Å². The fraction of sp³-hybridized carbons (Fsp3) is 0.533. The normalized spacial score (nSPS) is 17.5. The summed E-state index contributed by atoms with van der Waals surface area (Å²) in [5.41, 5.74) is 0.0722. The molecule has 1 heterocycles. The summed E-state index contributed by atoms with van der Waals surface area (Å²) in [6.07, 6.45) is 0. The van der Waals surface area contributed by atoms with E-state index in [4.69, 9.17) is 4.74 Å². The smallest absolute Gasteiger partial charge is 0.254 e. The van der Waals surface area contributed by atoms with Crippen LogP contribution in [-0.2, 0) is 4.74 Å². The number of rotatable bonds is 5. The van der Waals surface area contributed by atoms with Gasteiger partial charge in [0.15, 0.2) is 0 Å². The van der Waals surface area contributed by atoms with Crippen LogP contribution in [-0.4, -0.2) is 50.2 Å². The van der Waals surface area contributed by atoms with Crippen LogP contribution in [0.15, 0.2) is 22.7 Å². The molecule has 116 valence electrons. The third-order valence-corrected chi connectivity index (χ3v) is 3.95. The average Bonchev–Trinajstić information content (AvgIpc) is 2.48. The zero-order valence-electron chi connectivity index (χ0n) is 12.1. The summed E-state index contributed by atoms with van der Waals surface area (Å²) in [6, 6.07) is 4.36. The first kappa shape index (κ1) is 16.4. The SMILES string of the molecule is CC(CNC(=O)c1cc(Br)ccc1F)CN1CCOCC1. The second-order valence-electron chi connectivity index (χ2n) is 5.35. The van der Waals surface area contributed by atoms with Crippen LogP contribution in [0.4, 0.5) is 4.39 Å². The molecule has 0 bridgehead atoms. The van der Waals surface area contributed by atoms with Gasteiger partial charge in [-0.2, -0.15) is 0 Å². The molecule has 2 rings (SSSR count). The Morgan fingerprint density at radius 1 is 1.48 bits per heavy atom. The van der Waals surface area contributed by atoms with Crippen LogP contribution >= 0.6 is 15.9 Å². The summed E-state index contributed by atoms with van der Waals surface area (Å²) < 4.78 is 19.6. The Morgan fingerprint density at radius 2 is 2.19 bits per heavy atom. The average molecular weight is 359 g/mol. The van der Waals surface area contributed by atoms with Crippen molar-refractivity contribution < 1.29 is 13.9 Å². The summed E-state index contributed by atoms with van der Waals surface area (Å²) in [4.78, 5) is 14.3. The molecule has 1 unspecified atom stereocenters. The Balaban J connectivity index is 1.81. The van der Waals surface area contributed by atoms with E-state index in [1.165, 1.54) is 12.1 Å². The molecule has 1 aliphatic rings. The van der Waals surface area contributed by atoms with E-state index in [9.17, 15) is 9.18 Å². The molecular weight excluding hydrogens is 339 g/mol. The van der Waals surface area contributed by atoms with E-state index in [0.717, 1.165) is 32.8 Å². The molecule has 1 aromatic carbocycles. The molecule has 1 fully saturated rings. The third-order valence-electron chi connectivity index (χ3n) is 3.46. The molecule has 0 radical (unpaired) electrons. The molecule has 6 heteroatoms. The second kappa shape index (κ2) is 7.87. The first-order chi connectivity index (χ1) is 10.1. The van der Waals surface area contributed by atoms with Crippen molar-refractivity contribution in [3.63, 3.8) is 0 Å². The fourth-order valence-corrected chi connectivity index (χ4v) is 2.68. The van der Waals surface area contributed by atoms with Gasteiger partial charge >= 0.3 is 0 Å². The fourth-order valence-electron chi connectivity index (χ4n) is 2.32. The zero-order valence-corrected chi connectivity index (χ0v) is 13.7. The second-order valence-corrected chi connectivity index (χ2v) is 6.27. The van der Waals surface area contributed by atoms with E-state index >= 15 is 0 Å². The monoisotopic (exact) mass is 358 g/mol. The van der Waals surface area contributed by atoms with Crippen LogP contribution in [0, 0.1) is 11.7 Å². The molecular formula is C15H20BrFN2O2. The Bertz CT molecular complexity index is 493. The van der Waals surface area contributed by atoms with Gasteiger partial charge in [0.2, 0.25) is 0 Å². The predicted octanol–water partition coefficient (Wildman–Crippen LogP) is 2.29. The molecule has 4 nitrogen and oxygen atoms in total.